The summed E-state index contributed by atoms with van der Waals surface area (Å²) in [6.07, 6.45) is 0. The van der Waals surface area contributed by atoms with Gasteiger partial charge < -0.3 is 20.5 Å². The van der Waals surface area contributed by atoms with Gasteiger partial charge in [0.2, 0.25) is 0 Å². The molecule has 1 atom stereocenters. The SMILES string of the molecule is COCCN(c1nc(C(N)C(=O)O)cs1)C(C)C. The Morgan fingerprint density at radius 3 is 2.83 bits per heavy atom. The number of thiazole rings is 1. The van der Waals surface area contributed by atoms with Crippen molar-refractivity contribution in [2.45, 2.75) is 25.9 Å². The molecule has 0 aromatic carbocycles. The largest absolute Gasteiger partial charge is 0.480 e. The lowest BCUT2D eigenvalue weighted by atomic mass is 10.2. The van der Waals surface area contributed by atoms with Crippen LogP contribution in [0.25, 0.3) is 0 Å². The predicted molar refractivity (Wildman–Crippen MR) is 71.0 cm³/mol. The number of nitrogens with zero attached hydrogens (tertiary/aromatic N) is 2. The topological polar surface area (TPSA) is 88.7 Å². The molecule has 7 heteroatoms. The summed E-state index contributed by atoms with van der Waals surface area (Å²) in [6, 6.07) is -0.799. The first-order valence-corrected chi connectivity index (χ1v) is 6.54. The highest BCUT2D eigenvalue weighted by Crippen LogP contribution is 2.24. The standard InChI is InChI=1S/C11H19N3O3S/c1-7(2)14(4-5-17-3)11-13-8(6-18-11)9(12)10(15)16/h6-7,9H,4-5,12H2,1-3H3,(H,15,16). The maximum atomic E-state index is 10.8. The maximum absolute atomic E-state index is 10.8. The monoisotopic (exact) mass is 273 g/mol. The summed E-state index contributed by atoms with van der Waals surface area (Å²) in [6.45, 7) is 5.41. The van der Waals surface area contributed by atoms with Crippen molar-refractivity contribution in [3.8, 4) is 0 Å². The third kappa shape index (κ3) is 3.66. The lowest BCUT2D eigenvalue weighted by Crippen LogP contribution is -2.33. The van der Waals surface area contributed by atoms with Gasteiger partial charge in [0.25, 0.3) is 0 Å². The predicted octanol–water partition coefficient (Wildman–Crippen LogP) is 1.09. The van der Waals surface area contributed by atoms with Crippen LogP contribution in [0, 0.1) is 0 Å². The number of hydrogen-bond acceptors (Lipinski definition) is 6. The molecule has 102 valence electrons. The number of aliphatic carboxylic acids is 1. The summed E-state index contributed by atoms with van der Waals surface area (Å²) >= 11 is 1.40. The van der Waals surface area contributed by atoms with Gasteiger partial charge in [-0.25, -0.2) is 4.98 Å². The molecular weight excluding hydrogens is 254 g/mol. The quantitative estimate of drug-likeness (QED) is 0.773. The normalized spacial score (nSPS) is 12.7. The fourth-order valence-electron chi connectivity index (χ4n) is 1.44. The first kappa shape index (κ1) is 14.9. The van der Waals surface area contributed by atoms with E-state index >= 15 is 0 Å². The molecule has 1 rings (SSSR count). The van der Waals surface area contributed by atoms with Crippen LogP contribution in [-0.2, 0) is 9.53 Å². The van der Waals surface area contributed by atoms with Crippen LogP contribution in [0.15, 0.2) is 5.38 Å². The van der Waals surface area contributed by atoms with E-state index < -0.39 is 12.0 Å². The van der Waals surface area contributed by atoms with E-state index in [4.69, 9.17) is 15.6 Å². The molecule has 1 heterocycles. The zero-order chi connectivity index (χ0) is 13.7. The molecule has 3 N–H and O–H groups in total. The lowest BCUT2D eigenvalue weighted by molar-refractivity contribution is -0.138. The molecule has 1 aromatic heterocycles. The zero-order valence-electron chi connectivity index (χ0n) is 10.8. The van der Waals surface area contributed by atoms with Gasteiger partial charge in [-0.3, -0.25) is 4.79 Å². The van der Waals surface area contributed by atoms with Crippen molar-refractivity contribution >= 4 is 22.4 Å². The Bertz CT molecular complexity index is 395. The second kappa shape index (κ2) is 6.67. The summed E-state index contributed by atoms with van der Waals surface area (Å²) in [7, 11) is 1.64. The highest BCUT2D eigenvalue weighted by molar-refractivity contribution is 7.13. The Morgan fingerprint density at radius 1 is 1.67 bits per heavy atom. The van der Waals surface area contributed by atoms with Crippen LogP contribution in [0.1, 0.15) is 25.6 Å². The van der Waals surface area contributed by atoms with Crippen molar-refractivity contribution in [2.75, 3.05) is 25.2 Å². The fourth-order valence-corrected chi connectivity index (χ4v) is 2.46. The molecule has 0 aliphatic heterocycles. The van der Waals surface area contributed by atoms with E-state index in [2.05, 4.69) is 9.88 Å². The van der Waals surface area contributed by atoms with Gasteiger partial charge in [0.1, 0.15) is 6.04 Å². The maximum Gasteiger partial charge on any atom is 0.326 e. The summed E-state index contributed by atoms with van der Waals surface area (Å²) in [5, 5.41) is 11.3. The molecule has 0 aliphatic carbocycles. The van der Waals surface area contributed by atoms with Gasteiger partial charge in [-0.1, -0.05) is 0 Å². The molecule has 6 nitrogen and oxygen atoms in total. The minimum atomic E-state index is -1.07. The zero-order valence-corrected chi connectivity index (χ0v) is 11.6. The number of ether oxygens (including phenoxy) is 1. The van der Waals surface area contributed by atoms with Crippen LogP contribution in [0.5, 0.6) is 0 Å². The molecule has 0 spiro atoms. The van der Waals surface area contributed by atoms with E-state index in [1.807, 2.05) is 13.8 Å². The molecule has 1 aromatic rings. The Kier molecular flexibility index (Phi) is 5.52. The second-order valence-electron chi connectivity index (χ2n) is 4.15. The van der Waals surface area contributed by atoms with Gasteiger partial charge in [-0.2, -0.15) is 0 Å². The van der Waals surface area contributed by atoms with E-state index in [0.717, 1.165) is 5.13 Å². The number of hydrogen-bond donors (Lipinski definition) is 2. The number of carbonyl (C=O) groups is 1. The van der Waals surface area contributed by atoms with Crippen LogP contribution in [0.2, 0.25) is 0 Å². The van der Waals surface area contributed by atoms with Gasteiger partial charge in [0, 0.05) is 25.1 Å². The molecular formula is C11H19N3O3S. The Morgan fingerprint density at radius 2 is 2.33 bits per heavy atom. The Hall–Kier alpha value is -1.18. The average molecular weight is 273 g/mol. The van der Waals surface area contributed by atoms with Crippen molar-refractivity contribution in [1.82, 2.24) is 4.98 Å². The van der Waals surface area contributed by atoms with E-state index in [-0.39, 0.29) is 6.04 Å². The summed E-state index contributed by atoms with van der Waals surface area (Å²) in [5.74, 6) is -1.07. The minimum absolute atomic E-state index is 0.264. The Labute approximate surface area is 110 Å². The molecule has 1 unspecified atom stereocenters. The molecule has 18 heavy (non-hydrogen) atoms. The number of carboxylic acid groups (broad SMARTS) is 1. The molecule has 0 aliphatic rings. The number of carboxylic acids is 1. The third-order valence-corrected chi connectivity index (χ3v) is 3.40. The Balaban J connectivity index is 2.83. The third-order valence-electron chi connectivity index (χ3n) is 2.50. The molecule has 0 fully saturated rings. The summed E-state index contributed by atoms with van der Waals surface area (Å²) in [4.78, 5) is 17.1. The number of rotatable bonds is 7. The average Bonchev–Trinajstić information content (AvgIpc) is 2.77. The van der Waals surface area contributed by atoms with E-state index in [0.29, 0.717) is 18.8 Å². The van der Waals surface area contributed by atoms with Crippen molar-refractivity contribution < 1.29 is 14.6 Å². The van der Waals surface area contributed by atoms with Crippen LogP contribution in [0.4, 0.5) is 5.13 Å². The number of aromatic nitrogens is 1. The van der Waals surface area contributed by atoms with E-state index in [1.54, 1.807) is 12.5 Å². The van der Waals surface area contributed by atoms with Crippen molar-refractivity contribution in [2.24, 2.45) is 5.73 Å². The van der Waals surface area contributed by atoms with Gasteiger partial charge in [0.05, 0.1) is 12.3 Å². The van der Waals surface area contributed by atoms with Crippen LogP contribution in [0.3, 0.4) is 0 Å². The summed E-state index contributed by atoms with van der Waals surface area (Å²) < 4.78 is 5.05. The smallest absolute Gasteiger partial charge is 0.326 e. The van der Waals surface area contributed by atoms with Crippen molar-refractivity contribution in [3.63, 3.8) is 0 Å². The van der Waals surface area contributed by atoms with Crippen LogP contribution < -0.4 is 10.6 Å². The number of anilines is 1. The van der Waals surface area contributed by atoms with Gasteiger partial charge >= 0.3 is 5.97 Å². The highest BCUT2D eigenvalue weighted by Gasteiger charge is 2.20. The molecule has 0 saturated heterocycles. The van der Waals surface area contributed by atoms with E-state index in [1.165, 1.54) is 11.3 Å². The second-order valence-corrected chi connectivity index (χ2v) is 4.99. The van der Waals surface area contributed by atoms with Crippen LogP contribution in [-0.4, -0.2) is 42.4 Å². The minimum Gasteiger partial charge on any atom is -0.480 e. The number of methoxy groups -OCH3 is 1. The number of nitrogens with two attached hydrogens (primary N) is 1. The van der Waals surface area contributed by atoms with Gasteiger partial charge in [-0.15, -0.1) is 11.3 Å². The van der Waals surface area contributed by atoms with Gasteiger partial charge in [-0.05, 0) is 13.8 Å². The lowest BCUT2D eigenvalue weighted by Gasteiger charge is -2.25. The molecule has 0 amide bonds. The first-order valence-electron chi connectivity index (χ1n) is 5.66. The molecule has 0 bridgehead atoms. The van der Waals surface area contributed by atoms with Crippen molar-refractivity contribution in [3.05, 3.63) is 11.1 Å². The summed E-state index contributed by atoms with van der Waals surface area (Å²) in [5.41, 5.74) is 5.92. The first-order chi connectivity index (χ1) is 8.47. The fraction of sp³-hybridized carbons (Fsp3) is 0.636. The van der Waals surface area contributed by atoms with Gasteiger partial charge in [0.15, 0.2) is 5.13 Å². The van der Waals surface area contributed by atoms with Crippen molar-refractivity contribution in [1.29, 1.82) is 0 Å². The highest BCUT2D eigenvalue weighted by atomic mass is 32.1. The van der Waals surface area contributed by atoms with E-state index in [9.17, 15) is 4.79 Å². The molecule has 0 radical (unpaired) electrons. The van der Waals surface area contributed by atoms with Crippen LogP contribution >= 0.6 is 11.3 Å². The molecule has 0 saturated carbocycles.